The van der Waals surface area contributed by atoms with Crippen molar-refractivity contribution in [3.05, 3.63) is 0 Å². The highest BCUT2D eigenvalue weighted by Gasteiger charge is 2.42. The van der Waals surface area contributed by atoms with Crippen molar-refractivity contribution in [1.82, 2.24) is 4.90 Å². The summed E-state index contributed by atoms with van der Waals surface area (Å²) in [5.41, 5.74) is 0. The number of fused-ring (bicyclic) bond motifs is 2. The van der Waals surface area contributed by atoms with Crippen LogP contribution in [0.25, 0.3) is 0 Å². The fourth-order valence-corrected chi connectivity index (χ4v) is 3.57. The van der Waals surface area contributed by atoms with Gasteiger partial charge in [0.25, 0.3) is 0 Å². The molecule has 1 heterocycles. The maximum absolute atomic E-state index is 5.40. The Morgan fingerprint density at radius 1 is 1.00 bits per heavy atom. The summed E-state index contributed by atoms with van der Waals surface area (Å²) in [5, 5.41) is 0. The second-order valence-electron chi connectivity index (χ2n) is 4.89. The number of rotatable bonds is 1. The van der Waals surface area contributed by atoms with Gasteiger partial charge in [0.1, 0.15) is 0 Å². The van der Waals surface area contributed by atoms with Crippen LogP contribution in [0.5, 0.6) is 0 Å². The molecule has 13 heavy (non-hydrogen) atoms. The fourth-order valence-electron chi connectivity index (χ4n) is 3.57. The number of hydrogen-bond acceptors (Lipinski definition) is 2. The third kappa shape index (κ3) is 1.40. The van der Waals surface area contributed by atoms with Gasteiger partial charge in [-0.25, -0.2) is 0 Å². The van der Waals surface area contributed by atoms with E-state index in [0.29, 0.717) is 0 Å². The Kier molecular flexibility index (Phi) is 2.06. The Balaban J connectivity index is 1.65. The molecule has 0 aromatic rings. The lowest BCUT2D eigenvalue weighted by Gasteiger charge is -2.36. The van der Waals surface area contributed by atoms with E-state index in [4.69, 9.17) is 4.74 Å². The van der Waals surface area contributed by atoms with Gasteiger partial charge in [-0.05, 0) is 31.1 Å². The molecule has 3 aliphatic rings. The van der Waals surface area contributed by atoms with Crippen LogP contribution < -0.4 is 0 Å². The first kappa shape index (κ1) is 8.25. The molecule has 2 heteroatoms. The highest BCUT2D eigenvalue weighted by atomic mass is 16.5. The van der Waals surface area contributed by atoms with E-state index < -0.39 is 0 Å². The SMILES string of the molecule is C1CN([C@@H]2C[C@@H]3CC[C@H]2C3)CCO1. The first-order chi connectivity index (χ1) is 6.43. The van der Waals surface area contributed by atoms with Gasteiger partial charge in [0.05, 0.1) is 13.2 Å². The smallest absolute Gasteiger partial charge is 0.0594 e. The van der Waals surface area contributed by atoms with Crippen LogP contribution >= 0.6 is 0 Å². The van der Waals surface area contributed by atoms with Gasteiger partial charge < -0.3 is 4.74 Å². The minimum atomic E-state index is 0.933. The molecule has 2 bridgehead atoms. The lowest BCUT2D eigenvalue weighted by Crippen LogP contribution is -2.45. The Labute approximate surface area is 80.2 Å². The lowest BCUT2D eigenvalue weighted by molar-refractivity contribution is 0.00415. The second kappa shape index (κ2) is 3.25. The molecule has 74 valence electrons. The van der Waals surface area contributed by atoms with Crippen LogP contribution in [0.15, 0.2) is 0 Å². The summed E-state index contributed by atoms with van der Waals surface area (Å²) < 4.78 is 5.40. The Morgan fingerprint density at radius 3 is 2.46 bits per heavy atom. The highest BCUT2D eigenvalue weighted by molar-refractivity contribution is 4.95. The minimum Gasteiger partial charge on any atom is -0.379 e. The van der Waals surface area contributed by atoms with Crippen LogP contribution in [-0.2, 0) is 4.74 Å². The van der Waals surface area contributed by atoms with Crippen molar-refractivity contribution in [2.75, 3.05) is 26.3 Å². The lowest BCUT2D eigenvalue weighted by atomic mass is 9.94. The Bertz CT molecular complexity index is 189. The zero-order valence-electron chi connectivity index (χ0n) is 8.24. The molecule has 2 nitrogen and oxygen atoms in total. The molecule has 0 N–H and O–H groups in total. The van der Waals surface area contributed by atoms with E-state index in [0.717, 1.165) is 31.1 Å². The first-order valence-electron chi connectivity index (χ1n) is 5.75. The van der Waals surface area contributed by atoms with Crippen molar-refractivity contribution in [2.45, 2.75) is 31.7 Å². The molecular formula is C11H19NO. The van der Waals surface area contributed by atoms with Crippen molar-refractivity contribution in [2.24, 2.45) is 11.8 Å². The molecule has 2 saturated carbocycles. The standard InChI is InChI=1S/C11H19NO/c1-2-10-7-9(1)8-11(10)12-3-5-13-6-4-12/h9-11H,1-8H2/t9-,10+,11-/m1/s1. The van der Waals surface area contributed by atoms with Crippen LogP contribution in [0.1, 0.15) is 25.7 Å². The maximum atomic E-state index is 5.40. The van der Waals surface area contributed by atoms with E-state index in [1.54, 1.807) is 0 Å². The van der Waals surface area contributed by atoms with E-state index in [-0.39, 0.29) is 0 Å². The molecule has 1 saturated heterocycles. The highest BCUT2D eigenvalue weighted by Crippen LogP contribution is 2.46. The third-order valence-corrected chi connectivity index (χ3v) is 4.22. The van der Waals surface area contributed by atoms with Crippen molar-refractivity contribution >= 4 is 0 Å². The van der Waals surface area contributed by atoms with Gasteiger partial charge in [-0.1, -0.05) is 6.42 Å². The molecule has 3 atom stereocenters. The van der Waals surface area contributed by atoms with Crippen LogP contribution in [0.2, 0.25) is 0 Å². The van der Waals surface area contributed by atoms with E-state index in [9.17, 15) is 0 Å². The van der Waals surface area contributed by atoms with Gasteiger partial charge in [-0.15, -0.1) is 0 Å². The third-order valence-electron chi connectivity index (χ3n) is 4.22. The molecule has 0 unspecified atom stereocenters. The zero-order chi connectivity index (χ0) is 8.67. The average molecular weight is 181 g/mol. The van der Waals surface area contributed by atoms with Gasteiger partial charge in [-0.3, -0.25) is 4.90 Å². The average Bonchev–Trinajstić information content (AvgIpc) is 2.80. The largest absolute Gasteiger partial charge is 0.379 e. The molecule has 0 aromatic heterocycles. The predicted molar refractivity (Wildman–Crippen MR) is 51.6 cm³/mol. The summed E-state index contributed by atoms with van der Waals surface area (Å²) in [5.74, 6) is 2.13. The first-order valence-corrected chi connectivity index (χ1v) is 5.75. The van der Waals surface area contributed by atoms with E-state index in [2.05, 4.69) is 4.90 Å². The number of hydrogen-bond donors (Lipinski definition) is 0. The minimum absolute atomic E-state index is 0.933. The van der Waals surface area contributed by atoms with E-state index >= 15 is 0 Å². The summed E-state index contributed by atoms with van der Waals surface area (Å²) in [7, 11) is 0. The molecule has 3 rings (SSSR count). The van der Waals surface area contributed by atoms with Crippen molar-refractivity contribution in [1.29, 1.82) is 0 Å². The predicted octanol–water partition coefficient (Wildman–Crippen LogP) is 1.51. The summed E-state index contributed by atoms with van der Waals surface area (Å²) >= 11 is 0. The molecule has 0 amide bonds. The molecule has 2 aliphatic carbocycles. The van der Waals surface area contributed by atoms with Crippen molar-refractivity contribution < 1.29 is 4.74 Å². The summed E-state index contributed by atoms with van der Waals surface area (Å²) in [6.45, 7) is 4.31. The topological polar surface area (TPSA) is 12.5 Å². The summed E-state index contributed by atoms with van der Waals surface area (Å²) in [6.07, 6.45) is 6.05. The van der Waals surface area contributed by atoms with Gasteiger partial charge in [0, 0.05) is 19.1 Å². The van der Waals surface area contributed by atoms with Crippen LogP contribution in [-0.4, -0.2) is 37.2 Å². The molecular weight excluding hydrogens is 162 g/mol. The van der Waals surface area contributed by atoms with Crippen molar-refractivity contribution in [3.63, 3.8) is 0 Å². The molecule has 1 aliphatic heterocycles. The quantitative estimate of drug-likeness (QED) is 0.608. The van der Waals surface area contributed by atoms with Gasteiger partial charge in [-0.2, -0.15) is 0 Å². The monoisotopic (exact) mass is 181 g/mol. The van der Waals surface area contributed by atoms with Gasteiger partial charge in [0.15, 0.2) is 0 Å². The summed E-state index contributed by atoms with van der Waals surface area (Å²) in [6, 6.07) is 0.933. The molecule has 0 spiro atoms. The second-order valence-corrected chi connectivity index (χ2v) is 4.89. The summed E-state index contributed by atoms with van der Waals surface area (Å²) in [4.78, 5) is 2.69. The van der Waals surface area contributed by atoms with Crippen LogP contribution in [0.4, 0.5) is 0 Å². The normalized spacial score (nSPS) is 45.7. The fraction of sp³-hybridized carbons (Fsp3) is 1.00. The van der Waals surface area contributed by atoms with Gasteiger partial charge >= 0.3 is 0 Å². The van der Waals surface area contributed by atoms with Crippen molar-refractivity contribution in [3.8, 4) is 0 Å². The Hall–Kier alpha value is -0.0800. The number of ether oxygens (including phenoxy) is 1. The van der Waals surface area contributed by atoms with E-state index in [1.165, 1.54) is 38.8 Å². The Morgan fingerprint density at radius 2 is 1.85 bits per heavy atom. The number of morpholine rings is 1. The van der Waals surface area contributed by atoms with Gasteiger partial charge in [0.2, 0.25) is 0 Å². The molecule has 3 fully saturated rings. The van der Waals surface area contributed by atoms with Crippen LogP contribution in [0, 0.1) is 11.8 Å². The maximum Gasteiger partial charge on any atom is 0.0594 e. The van der Waals surface area contributed by atoms with E-state index in [1.807, 2.05) is 0 Å². The van der Waals surface area contributed by atoms with Crippen LogP contribution in [0.3, 0.4) is 0 Å². The number of nitrogens with zero attached hydrogens (tertiary/aromatic N) is 1. The molecule has 0 aromatic carbocycles. The zero-order valence-corrected chi connectivity index (χ0v) is 8.24. The molecule has 0 radical (unpaired) electrons.